The lowest BCUT2D eigenvalue weighted by atomic mass is 10.1. The van der Waals surface area contributed by atoms with Crippen LogP contribution in [0.1, 0.15) is 11.1 Å². The molecule has 1 saturated heterocycles. The van der Waals surface area contributed by atoms with Gasteiger partial charge in [-0.2, -0.15) is 0 Å². The van der Waals surface area contributed by atoms with Crippen LogP contribution in [-0.2, 0) is 16.1 Å². The van der Waals surface area contributed by atoms with E-state index >= 15 is 0 Å². The second kappa shape index (κ2) is 8.87. The number of hydrogen-bond donors (Lipinski definition) is 1. The quantitative estimate of drug-likeness (QED) is 0.478. The normalized spacial score (nSPS) is 15.1. The van der Waals surface area contributed by atoms with Crippen LogP contribution in [0.2, 0.25) is 0 Å². The van der Waals surface area contributed by atoms with Gasteiger partial charge < -0.3 is 9.88 Å². The molecular weight excluding hydrogens is 430 g/mol. The molecule has 3 aromatic rings. The summed E-state index contributed by atoms with van der Waals surface area (Å²) in [7, 11) is 1.65. The zero-order chi connectivity index (χ0) is 22.0. The molecule has 2 aromatic carbocycles. The van der Waals surface area contributed by atoms with Gasteiger partial charge in [0.2, 0.25) is 11.5 Å². The maximum Gasteiger partial charge on any atom is 0.266 e. The molecule has 1 fully saturated rings. The number of carbonyl (C=O) groups excluding carboxylic acids is 2. The number of amides is 2. The van der Waals surface area contributed by atoms with Gasteiger partial charge in [0.1, 0.15) is 10.9 Å². The number of aromatic amines is 1. The molecule has 8 heteroatoms. The summed E-state index contributed by atoms with van der Waals surface area (Å²) in [4.78, 5) is 43.7. The van der Waals surface area contributed by atoms with Crippen molar-refractivity contribution in [3.63, 3.8) is 0 Å². The maximum atomic E-state index is 12.8. The largest absolute Gasteiger partial charge is 0.340 e. The smallest absolute Gasteiger partial charge is 0.266 e. The molecule has 156 valence electrons. The molecule has 0 spiro atoms. The van der Waals surface area contributed by atoms with E-state index in [0.717, 1.165) is 16.5 Å². The third kappa shape index (κ3) is 4.60. The van der Waals surface area contributed by atoms with E-state index in [4.69, 9.17) is 12.2 Å². The lowest BCUT2D eigenvalue weighted by molar-refractivity contribution is -0.134. The number of carbonyl (C=O) groups is 2. The summed E-state index contributed by atoms with van der Waals surface area (Å²) >= 11 is 6.53. The molecule has 0 saturated carbocycles. The number of thioether (sulfide) groups is 1. The molecule has 0 unspecified atom stereocenters. The molecule has 0 bridgehead atoms. The summed E-state index contributed by atoms with van der Waals surface area (Å²) in [5.74, 6) is -0.538. The number of H-pyrrole nitrogens is 1. The van der Waals surface area contributed by atoms with Crippen LogP contribution in [0.25, 0.3) is 17.0 Å². The fourth-order valence-corrected chi connectivity index (χ4v) is 4.60. The van der Waals surface area contributed by atoms with Gasteiger partial charge in [-0.1, -0.05) is 72.5 Å². The Morgan fingerprint density at radius 1 is 1.13 bits per heavy atom. The highest BCUT2D eigenvalue weighted by Gasteiger charge is 2.34. The number of benzene rings is 2. The van der Waals surface area contributed by atoms with E-state index in [2.05, 4.69) is 4.98 Å². The zero-order valence-electron chi connectivity index (χ0n) is 16.7. The van der Waals surface area contributed by atoms with Gasteiger partial charge in [0, 0.05) is 30.6 Å². The van der Waals surface area contributed by atoms with Crippen molar-refractivity contribution in [2.24, 2.45) is 0 Å². The summed E-state index contributed by atoms with van der Waals surface area (Å²) in [6.45, 7) is 0.104. The molecule has 1 aromatic heterocycles. The molecule has 0 aliphatic carbocycles. The molecule has 4 rings (SSSR count). The van der Waals surface area contributed by atoms with Crippen LogP contribution < -0.4 is 5.56 Å². The number of aromatic nitrogens is 1. The van der Waals surface area contributed by atoms with Crippen molar-refractivity contribution in [2.45, 2.75) is 6.54 Å². The first kappa shape index (κ1) is 21.0. The summed E-state index contributed by atoms with van der Waals surface area (Å²) in [5, 5.41) is 0.873. The lowest BCUT2D eigenvalue weighted by Crippen LogP contribution is -2.40. The van der Waals surface area contributed by atoms with E-state index in [9.17, 15) is 14.4 Å². The van der Waals surface area contributed by atoms with Crippen molar-refractivity contribution in [1.29, 1.82) is 0 Å². The highest BCUT2D eigenvalue weighted by molar-refractivity contribution is 8.26. The Kier molecular flexibility index (Phi) is 6.01. The molecule has 1 aliphatic heterocycles. The molecule has 6 nitrogen and oxygen atoms in total. The number of nitrogens with zero attached hydrogens (tertiary/aromatic N) is 2. The predicted octanol–water partition coefficient (Wildman–Crippen LogP) is 3.39. The van der Waals surface area contributed by atoms with Crippen LogP contribution in [0.15, 0.2) is 70.4 Å². The average Bonchev–Trinajstić information content (AvgIpc) is 3.01. The van der Waals surface area contributed by atoms with Crippen molar-refractivity contribution in [3.8, 4) is 0 Å². The number of para-hydroxylation sites is 1. The third-order valence-corrected chi connectivity index (χ3v) is 6.31. The number of rotatable bonds is 5. The van der Waals surface area contributed by atoms with Gasteiger partial charge in [-0.05, 0) is 23.3 Å². The lowest BCUT2D eigenvalue weighted by Gasteiger charge is -2.21. The highest BCUT2D eigenvalue weighted by atomic mass is 32.2. The van der Waals surface area contributed by atoms with Crippen molar-refractivity contribution in [3.05, 3.63) is 87.0 Å². The summed E-state index contributed by atoms with van der Waals surface area (Å²) < 4.78 is 0.357. The number of likely N-dealkylation sites (N-methyl/N-ethyl adjacent to an activating group) is 1. The molecule has 2 amide bonds. The minimum Gasteiger partial charge on any atom is -0.340 e. The van der Waals surface area contributed by atoms with Gasteiger partial charge in [0.05, 0.1) is 4.91 Å². The minimum absolute atomic E-state index is 0.144. The van der Waals surface area contributed by atoms with E-state index < -0.39 is 0 Å². The second-order valence-electron chi connectivity index (χ2n) is 7.13. The highest BCUT2D eigenvalue weighted by Crippen LogP contribution is 2.32. The summed E-state index contributed by atoms with van der Waals surface area (Å²) in [6, 6.07) is 18.4. The van der Waals surface area contributed by atoms with Crippen molar-refractivity contribution < 1.29 is 9.59 Å². The van der Waals surface area contributed by atoms with Gasteiger partial charge in [-0.3, -0.25) is 19.3 Å². The predicted molar refractivity (Wildman–Crippen MR) is 127 cm³/mol. The summed E-state index contributed by atoms with van der Waals surface area (Å²) in [6.07, 6.45) is 1.77. The van der Waals surface area contributed by atoms with Crippen LogP contribution in [0.3, 0.4) is 0 Å². The Labute approximate surface area is 188 Å². The van der Waals surface area contributed by atoms with Gasteiger partial charge in [0.15, 0.2) is 0 Å². The fourth-order valence-electron chi connectivity index (χ4n) is 3.34. The summed E-state index contributed by atoms with van der Waals surface area (Å²) in [5.41, 5.74) is 2.13. The topological polar surface area (TPSA) is 73.5 Å². The molecule has 0 atom stereocenters. The standard InChI is InChI=1S/C23H19N3O3S2/c1-25(13-16-12-20(27)24-18-10-6-5-9-17(16)18)21(28)14-26-22(29)19(31-23(26)30)11-15-7-3-2-4-8-15/h2-12H,13-14H2,1H3,(H,24,27)/b19-11+. The monoisotopic (exact) mass is 449 g/mol. The average molecular weight is 450 g/mol. The van der Waals surface area contributed by atoms with Gasteiger partial charge in [-0.15, -0.1) is 0 Å². The van der Waals surface area contributed by atoms with Gasteiger partial charge in [0.25, 0.3) is 5.91 Å². The Balaban J connectivity index is 1.48. The van der Waals surface area contributed by atoms with Gasteiger partial charge in [-0.25, -0.2) is 0 Å². The Morgan fingerprint density at radius 3 is 2.61 bits per heavy atom. The molecule has 1 aliphatic rings. The van der Waals surface area contributed by atoms with E-state index in [1.807, 2.05) is 54.6 Å². The number of fused-ring (bicyclic) bond motifs is 1. The molecule has 0 radical (unpaired) electrons. The van der Waals surface area contributed by atoms with Crippen molar-refractivity contribution in [2.75, 3.05) is 13.6 Å². The Morgan fingerprint density at radius 2 is 1.84 bits per heavy atom. The minimum atomic E-state index is -0.276. The van der Waals surface area contributed by atoms with Crippen LogP contribution in [-0.4, -0.2) is 44.5 Å². The van der Waals surface area contributed by atoms with E-state index in [-0.39, 0.29) is 30.5 Å². The fraction of sp³-hybridized carbons (Fsp3) is 0.130. The van der Waals surface area contributed by atoms with Crippen LogP contribution >= 0.6 is 24.0 Å². The van der Waals surface area contributed by atoms with Crippen LogP contribution in [0, 0.1) is 0 Å². The van der Waals surface area contributed by atoms with E-state index in [0.29, 0.717) is 14.7 Å². The zero-order valence-corrected chi connectivity index (χ0v) is 18.3. The van der Waals surface area contributed by atoms with Gasteiger partial charge >= 0.3 is 0 Å². The number of thiocarbonyl (C=S) groups is 1. The van der Waals surface area contributed by atoms with Crippen molar-refractivity contribution >= 4 is 57.1 Å². The van der Waals surface area contributed by atoms with E-state index in [1.165, 1.54) is 27.6 Å². The molecule has 2 heterocycles. The number of pyridine rings is 1. The second-order valence-corrected chi connectivity index (χ2v) is 8.81. The maximum absolute atomic E-state index is 12.8. The Hall–Kier alpha value is -3.23. The SMILES string of the molecule is CN(Cc1cc(=O)[nH]c2ccccc12)C(=O)CN1C(=O)/C(=C\c2ccccc2)SC1=S. The third-order valence-electron chi connectivity index (χ3n) is 4.93. The molecule has 31 heavy (non-hydrogen) atoms. The van der Waals surface area contributed by atoms with Crippen molar-refractivity contribution in [1.82, 2.24) is 14.8 Å². The molecule has 1 N–H and O–H groups in total. The van der Waals surface area contributed by atoms with Crippen LogP contribution in [0.4, 0.5) is 0 Å². The van der Waals surface area contributed by atoms with Crippen LogP contribution in [0.5, 0.6) is 0 Å². The molecular formula is C23H19N3O3S2. The number of hydrogen-bond acceptors (Lipinski definition) is 5. The first-order chi connectivity index (χ1) is 14.9. The van der Waals surface area contributed by atoms with E-state index in [1.54, 1.807) is 13.1 Å². The first-order valence-electron chi connectivity index (χ1n) is 9.58. The number of nitrogens with one attached hydrogen (secondary N) is 1. The first-order valence-corrected chi connectivity index (χ1v) is 10.8. The Bertz CT molecular complexity index is 1270.